The molecule has 0 aliphatic carbocycles. The minimum atomic E-state index is -0.235. The van der Waals surface area contributed by atoms with E-state index in [-0.39, 0.29) is 11.7 Å². The van der Waals surface area contributed by atoms with Crippen LogP contribution in [0.3, 0.4) is 0 Å². The summed E-state index contributed by atoms with van der Waals surface area (Å²) in [5.74, 6) is -0.136. The molecular formula is C26H25FN4OS. The number of hydrogen-bond donors (Lipinski definition) is 0. The molecule has 7 heteroatoms. The molecule has 3 heterocycles. The highest BCUT2D eigenvalue weighted by molar-refractivity contribution is 7.13. The van der Waals surface area contributed by atoms with Crippen LogP contribution in [0.4, 0.5) is 10.1 Å². The second-order valence-electron chi connectivity index (χ2n) is 8.27. The quantitative estimate of drug-likeness (QED) is 0.417. The number of rotatable bonds is 5. The van der Waals surface area contributed by atoms with Gasteiger partial charge in [0.25, 0.3) is 0 Å². The lowest BCUT2D eigenvalue weighted by Gasteiger charge is -2.36. The van der Waals surface area contributed by atoms with E-state index in [9.17, 15) is 9.18 Å². The van der Waals surface area contributed by atoms with Gasteiger partial charge in [0.1, 0.15) is 17.4 Å². The van der Waals surface area contributed by atoms with E-state index in [0.29, 0.717) is 19.6 Å². The smallest absolute Gasteiger partial charge is 0.242 e. The lowest BCUT2D eigenvalue weighted by molar-refractivity contribution is -0.132. The van der Waals surface area contributed by atoms with Crippen LogP contribution in [0.15, 0.2) is 72.2 Å². The Morgan fingerprint density at radius 1 is 1.00 bits per heavy atom. The third kappa shape index (κ3) is 4.68. The molecule has 33 heavy (non-hydrogen) atoms. The van der Waals surface area contributed by atoms with Crippen molar-refractivity contribution in [3.05, 3.63) is 83.6 Å². The maximum atomic E-state index is 13.2. The number of aryl methyl sites for hydroxylation is 1. The fraction of sp³-hybridized carbons (Fsp3) is 0.231. The molecule has 0 radical (unpaired) electrons. The van der Waals surface area contributed by atoms with Crippen molar-refractivity contribution in [2.45, 2.75) is 13.5 Å². The maximum Gasteiger partial charge on any atom is 0.242 e. The first-order valence-electron chi connectivity index (χ1n) is 11.0. The van der Waals surface area contributed by atoms with Gasteiger partial charge in [-0.15, -0.1) is 11.3 Å². The molecule has 1 amide bonds. The molecule has 2 aromatic carbocycles. The third-order valence-electron chi connectivity index (χ3n) is 6.03. The van der Waals surface area contributed by atoms with Gasteiger partial charge in [0.2, 0.25) is 5.91 Å². The molecule has 0 N–H and O–H groups in total. The zero-order valence-corrected chi connectivity index (χ0v) is 19.3. The van der Waals surface area contributed by atoms with Gasteiger partial charge in [-0.25, -0.2) is 9.37 Å². The summed E-state index contributed by atoms with van der Waals surface area (Å²) in [6.07, 6.45) is 1.94. The molecule has 4 aromatic rings. The van der Waals surface area contributed by atoms with Crippen molar-refractivity contribution in [2.75, 3.05) is 31.1 Å². The van der Waals surface area contributed by atoms with E-state index in [1.54, 1.807) is 23.5 Å². The Labute approximate surface area is 196 Å². The van der Waals surface area contributed by atoms with Crippen molar-refractivity contribution in [1.82, 2.24) is 14.5 Å². The van der Waals surface area contributed by atoms with Gasteiger partial charge in [0.05, 0.1) is 11.4 Å². The Bertz CT molecular complexity index is 1240. The van der Waals surface area contributed by atoms with Crippen LogP contribution in [0.1, 0.15) is 5.56 Å². The molecule has 5 nitrogen and oxygen atoms in total. The molecule has 0 bridgehead atoms. The SMILES string of the molecule is Cc1ccc(-c2csc(-c3cccn3CC(=O)N3CCN(c4ccc(F)cc4)CC3)n2)cc1. The van der Waals surface area contributed by atoms with Crippen LogP contribution < -0.4 is 4.90 Å². The second kappa shape index (κ2) is 9.19. The number of carbonyl (C=O) groups is 1. The van der Waals surface area contributed by atoms with Gasteiger partial charge in [0, 0.05) is 49.0 Å². The summed E-state index contributed by atoms with van der Waals surface area (Å²) in [4.78, 5) is 21.9. The van der Waals surface area contributed by atoms with E-state index in [2.05, 4.69) is 41.5 Å². The van der Waals surface area contributed by atoms with Crippen molar-refractivity contribution >= 4 is 22.9 Å². The van der Waals surface area contributed by atoms with Gasteiger partial charge >= 0.3 is 0 Å². The van der Waals surface area contributed by atoms with Gasteiger partial charge < -0.3 is 14.4 Å². The summed E-state index contributed by atoms with van der Waals surface area (Å²) >= 11 is 1.59. The molecule has 0 saturated carbocycles. The van der Waals surface area contributed by atoms with Crippen LogP contribution in [0.5, 0.6) is 0 Å². The molecule has 168 valence electrons. The number of hydrogen-bond acceptors (Lipinski definition) is 4. The maximum absolute atomic E-state index is 13.2. The van der Waals surface area contributed by atoms with E-state index in [1.165, 1.54) is 17.7 Å². The van der Waals surface area contributed by atoms with Crippen LogP contribution >= 0.6 is 11.3 Å². The van der Waals surface area contributed by atoms with E-state index in [1.807, 2.05) is 27.8 Å². The predicted molar refractivity (Wildman–Crippen MR) is 131 cm³/mol. The second-order valence-corrected chi connectivity index (χ2v) is 9.13. The van der Waals surface area contributed by atoms with E-state index < -0.39 is 0 Å². The van der Waals surface area contributed by atoms with Gasteiger partial charge in [-0.3, -0.25) is 4.79 Å². The summed E-state index contributed by atoms with van der Waals surface area (Å²) in [7, 11) is 0. The molecule has 1 saturated heterocycles. The van der Waals surface area contributed by atoms with E-state index in [4.69, 9.17) is 4.98 Å². The molecule has 1 aliphatic heterocycles. The molecule has 2 aromatic heterocycles. The Morgan fingerprint density at radius 2 is 1.73 bits per heavy atom. The van der Waals surface area contributed by atoms with E-state index >= 15 is 0 Å². The molecule has 1 fully saturated rings. The number of halogens is 1. The number of nitrogens with zero attached hydrogens (tertiary/aromatic N) is 4. The zero-order chi connectivity index (χ0) is 22.8. The van der Waals surface area contributed by atoms with Gasteiger partial charge in [-0.2, -0.15) is 0 Å². The van der Waals surface area contributed by atoms with Crippen LogP contribution in [-0.2, 0) is 11.3 Å². The fourth-order valence-corrected chi connectivity index (χ4v) is 4.98. The van der Waals surface area contributed by atoms with Crippen molar-refractivity contribution in [3.63, 3.8) is 0 Å². The Balaban J connectivity index is 1.23. The van der Waals surface area contributed by atoms with Crippen molar-refractivity contribution in [3.8, 4) is 22.0 Å². The van der Waals surface area contributed by atoms with Crippen molar-refractivity contribution in [1.29, 1.82) is 0 Å². The summed E-state index contributed by atoms with van der Waals surface area (Å²) in [5.41, 5.74) is 5.21. The normalized spacial score (nSPS) is 14.0. The number of thiazole rings is 1. The Kier molecular flexibility index (Phi) is 5.96. The topological polar surface area (TPSA) is 41.4 Å². The van der Waals surface area contributed by atoms with Crippen LogP contribution in [0.2, 0.25) is 0 Å². The predicted octanol–water partition coefficient (Wildman–Crippen LogP) is 5.07. The van der Waals surface area contributed by atoms with Crippen LogP contribution in [0, 0.1) is 12.7 Å². The average Bonchev–Trinajstić information content (AvgIpc) is 3.50. The van der Waals surface area contributed by atoms with Crippen molar-refractivity contribution in [2.24, 2.45) is 0 Å². The van der Waals surface area contributed by atoms with Gasteiger partial charge in [-0.05, 0) is 43.3 Å². The number of carbonyl (C=O) groups excluding carboxylic acids is 1. The minimum Gasteiger partial charge on any atom is -0.368 e. The molecule has 0 spiro atoms. The highest BCUT2D eigenvalue weighted by Crippen LogP contribution is 2.29. The molecular weight excluding hydrogens is 435 g/mol. The molecule has 5 rings (SSSR count). The Hall–Kier alpha value is -3.45. The summed E-state index contributed by atoms with van der Waals surface area (Å²) in [6, 6.07) is 18.9. The molecule has 0 unspecified atom stereocenters. The first-order chi connectivity index (χ1) is 16.1. The first kappa shape index (κ1) is 21.4. The molecule has 0 atom stereocenters. The summed E-state index contributed by atoms with van der Waals surface area (Å²) < 4.78 is 15.2. The molecule has 1 aliphatic rings. The fourth-order valence-electron chi connectivity index (χ4n) is 4.11. The number of benzene rings is 2. The highest BCUT2D eigenvalue weighted by Gasteiger charge is 2.22. The number of aromatic nitrogens is 2. The largest absolute Gasteiger partial charge is 0.368 e. The third-order valence-corrected chi connectivity index (χ3v) is 6.89. The summed E-state index contributed by atoms with van der Waals surface area (Å²) in [6.45, 7) is 5.15. The van der Waals surface area contributed by atoms with Crippen molar-refractivity contribution < 1.29 is 9.18 Å². The average molecular weight is 461 g/mol. The highest BCUT2D eigenvalue weighted by atomic mass is 32.1. The zero-order valence-electron chi connectivity index (χ0n) is 18.4. The van der Waals surface area contributed by atoms with E-state index in [0.717, 1.165) is 40.7 Å². The lowest BCUT2D eigenvalue weighted by atomic mass is 10.1. The summed E-state index contributed by atoms with van der Waals surface area (Å²) in [5, 5.41) is 2.97. The van der Waals surface area contributed by atoms with Gasteiger partial charge in [0.15, 0.2) is 0 Å². The Morgan fingerprint density at radius 3 is 2.45 bits per heavy atom. The van der Waals surface area contributed by atoms with Crippen LogP contribution in [0.25, 0.3) is 22.0 Å². The van der Waals surface area contributed by atoms with Gasteiger partial charge in [-0.1, -0.05) is 29.8 Å². The lowest BCUT2D eigenvalue weighted by Crippen LogP contribution is -2.49. The number of anilines is 1. The monoisotopic (exact) mass is 460 g/mol. The standard InChI is InChI=1S/C26H25FN4OS/c1-19-4-6-20(7-5-19)23-18-33-26(28-23)24-3-2-12-31(24)17-25(32)30-15-13-29(14-16-30)22-10-8-21(27)9-11-22/h2-12,18H,13-17H2,1H3. The number of amides is 1. The number of piperazine rings is 1. The minimum absolute atomic E-state index is 0.0986. The van der Waals surface area contributed by atoms with Crippen LogP contribution in [-0.4, -0.2) is 46.5 Å². The first-order valence-corrected chi connectivity index (χ1v) is 11.9.